The average molecular weight is 246 g/mol. The summed E-state index contributed by atoms with van der Waals surface area (Å²) in [7, 11) is 0. The molecule has 0 aliphatic carbocycles. The molecular weight excluding hydrogens is 234 g/mol. The van der Waals surface area contributed by atoms with Crippen LogP contribution in [0, 0.1) is 0 Å². The van der Waals surface area contributed by atoms with Gasteiger partial charge in [0.15, 0.2) is 0 Å². The number of aliphatic hydroxyl groups is 1. The molecule has 1 saturated heterocycles. The lowest BCUT2D eigenvalue weighted by atomic mass is 10.2. The first-order valence-corrected chi connectivity index (χ1v) is 6.09. The monoisotopic (exact) mass is 245 g/mol. The highest BCUT2D eigenvalue weighted by Gasteiger charge is 2.29. The van der Waals surface area contributed by atoms with Crippen molar-refractivity contribution in [1.82, 2.24) is 4.90 Å². The van der Waals surface area contributed by atoms with Crippen LogP contribution in [-0.4, -0.2) is 35.1 Å². The normalized spacial score (nSPS) is 20.9. The Morgan fingerprint density at radius 1 is 1.67 bits per heavy atom. The lowest BCUT2D eigenvalue weighted by Gasteiger charge is -2.22. The molecule has 1 aromatic rings. The number of carbonyl (C=O) groups is 1. The summed E-state index contributed by atoms with van der Waals surface area (Å²) in [6.45, 7) is 0.782. The molecule has 2 heterocycles. The van der Waals surface area contributed by atoms with Gasteiger partial charge in [-0.25, -0.2) is 0 Å². The van der Waals surface area contributed by atoms with Gasteiger partial charge in [0.25, 0.3) is 5.91 Å². The zero-order valence-corrected chi connectivity index (χ0v) is 9.72. The van der Waals surface area contributed by atoms with Crippen LogP contribution >= 0.6 is 22.9 Å². The van der Waals surface area contributed by atoms with E-state index in [0.717, 1.165) is 19.4 Å². The maximum absolute atomic E-state index is 12.0. The molecule has 15 heavy (non-hydrogen) atoms. The SMILES string of the molecule is O=C(c1ccc(Cl)s1)N1CCCC1CO. The fraction of sp³-hybridized carbons (Fsp3) is 0.500. The molecule has 1 aromatic heterocycles. The van der Waals surface area contributed by atoms with E-state index in [9.17, 15) is 4.79 Å². The Hall–Kier alpha value is -0.580. The number of nitrogens with zero attached hydrogens (tertiary/aromatic N) is 1. The molecule has 0 saturated carbocycles. The smallest absolute Gasteiger partial charge is 0.264 e. The Bertz CT molecular complexity index is 366. The molecule has 82 valence electrons. The summed E-state index contributed by atoms with van der Waals surface area (Å²) < 4.78 is 0.623. The third-order valence-electron chi connectivity index (χ3n) is 2.63. The third kappa shape index (κ3) is 2.17. The molecule has 1 N–H and O–H groups in total. The van der Waals surface area contributed by atoms with Crippen LogP contribution in [0.3, 0.4) is 0 Å². The van der Waals surface area contributed by atoms with Gasteiger partial charge in [0.05, 0.1) is 21.9 Å². The van der Waals surface area contributed by atoms with Crippen molar-refractivity contribution in [1.29, 1.82) is 0 Å². The fourth-order valence-corrected chi connectivity index (χ4v) is 2.86. The van der Waals surface area contributed by atoms with Crippen molar-refractivity contribution < 1.29 is 9.90 Å². The van der Waals surface area contributed by atoms with Crippen molar-refractivity contribution in [2.75, 3.05) is 13.2 Å². The predicted molar refractivity (Wildman–Crippen MR) is 60.5 cm³/mol. The average Bonchev–Trinajstić information content (AvgIpc) is 2.84. The summed E-state index contributed by atoms with van der Waals surface area (Å²) in [6, 6.07) is 3.45. The number of carbonyl (C=O) groups excluding carboxylic acids is 1. The molecule has 0 spiro atoms. The van der Waals surface area contributed by atoms with E-state index in [1.54, 1.807) is 17.0 Å². The number of thiophene rings is 1. The van der Waals surface area contributed by atoms with Crippen LogP contribution in [0.1, 0.15) is 22.5 Å². The largest absolute Gasteiger partial charge is 0.394 e. The Morgan fingerprint density at radius 2 is 2.47 bits per heavy atom. The summed E-state index contributed by atoms with van der Waals surface area (Å²) in [5, 5.41) is 9.12. The quantitative estimate of drug-likeness (QED) is 0.866. The minimum absolute atomic E-state index is 0.0107. The van der Waals surface area contributed by atoms with E-state index < -0.39 is 0 Å². The number of amides is 1. The first-order valence-electron chi connectivity index (χ1n) is 4.89. The summed E-state index contributed by atoms with van der Waals surface area (Å²) in [4.78, 5) is 14.4. The number of aliphatic hydroxyl groups excluding tert-OH is 1. The van der Waals surface area contributed by atoms with Crippen LogP contribution in [0.15, 0.2) is 12.1 Å². The van der Waals surface area contributed by atoms with Gasteiger partial charge in [-0.2, -0.15) is 0 Å². The van der Waals surface area contributed by atoms with E-state index in [4.69, 9.17) is 16.7 Å². The van der Waals surface area contributed by atoms with Crippen molar-refractivity contribution >= 4 is 28.8 Å². The molecule has 1 amide bonds. The van der Waals surface area contributed by atoms with Crippen molar-refractivity contribution in [2.45, 2.75) is 18.9 Å². The predicted octanol–water partition coefficient (Wildman–Crippen LogP) is 2.00. The van der Waals surface area contributed by atoms with E-state index in [1.165, 1.54) is 11.3 Å². The minimum atomic E-state index is -0.0154. The second-order valence-corrected chi connectivity index (χ2v) is 5.30. The first-order chi connectivity index (χ1) is 7.22. The maximum Gasteiger partial charge on any atom is 0.264 e. The molecule has 0 radical (unpaired) electrons. The molecule has 1 aliphatic heterocycles. The summed E-state index contributed by atoms with van der Waals surface area (Å²) in [5.74, 6) is -0.0107. The van der Waals surface area contributed by atoms with Crippen LogP contribution in [0.5, 0.6) is 0 Å². The van der Waals surface area contributed by atoms with Crippen LogP contribution in [-0.2, 0) is 0 Å². The summed E-state index contributed by atoms with van der Waals surface area (Å²) in [6.07, 6.45) is 1.86. The molecule has 1 fully saturated rings. The number of halogens is 1. The van der Waals surface area contributed by atoms with Gasteiger partial charge in [-0.3, -0.25) is 4.79 Å². The zero-order valence-electron chi connectivity index (χ0n) is 8.15. The van der Waals surface area contributed by atoms with Gasteiger partial charge in [-0.1, -0.05) is 11.6 Å². The second-order valence-electron chi connectivity index (χ2n) is 3.58. The standard InChI is InChI=1S/C10H12ClNO2S/c11-9-4-3-8(15-9)10(14)12-5-1-2-7(12)6-13/h3-4,7,13H,1-2,5-6H2. The second kappa shape index (κ2) is 4.51. The van der Waals surface area contributed by atoms with Gasteiger partial charge in [0, 0.05) is 6.54 Å². The van der Waals surface area contributed by atoms with Crippen LogP contribution in [0.4, 0.5) is 0 Å². The first kappa shape index (κ1) is 10.9. The van der Waals surface area contributed by atoms with Gasteiger partial charge >= 0.3 is 0 Å². The van der Waals surface area contributed by atoms with Crippen molar-refractivity contribution in [3.63, 3.8) is 0 Å². The highest BCUT2D eigenvalue weighted by molar-refractivity contribution is 7.17. The Morgan fingerprint density at radius 3 is 3.07 bits per heavy atom. The number of hydrogen-bond donors (Lipinski definition) is 1. The van der Waals surface area contributed by atoms with Crippen LogP contribution in [0.25, 0.3) is 0 Å². The van der Waals surface area contributed by atoms with Crippen molar-refractivity contribution in [3.8, 4) is 0 Å². The topological polar surface area (TPSA) is 40.5 Å². The highest BCUT2D eigenvalue weighted by Crippen LogP contribution is 2.26. The van der Waals surface area contributed by atoms with Crippen molar-refractivity contribution in [3.05, 3.63) is 21.3 Å². The van der Waals surface area contributed by atoms with E-state index in [1.807, 2.05) is 0 Å². The molecular formula is C10H12ClNO2S. The van der Waals surface area contributed by atoms with Crippen LogP contribution in [0.2, 0.25) is 4.34 Å². The molecule has 0 bridgehead atoms. The van der Waals surface area contributed by atoms with E-state index in [0.29, 0.717) is 9.21 Å². The number of rotatable bonds is 2. The van der Waals surface area contributed by atoms with Gasteiger partial charge in [-0.05, 0) is 25.0 Å². The third-order valence-corrected chi connectivity index (χ3v) is 3.85. The van der Waals surface area contributed by atoms with Gasteiger partial charge in [-0.15, -0.1) is 11.3 Å². The fourth-order valence-electron chi connectivity index (χ4n) is 1.86. The Labute approximate surface area is 97.3 Å². The molecule has 0 aromatic carbocycles. The van der Waals surface area contributed by atoms with Crippen molar-refractivity contribution in [2.24, 2.45) is 0 Å². The minimum Gasteiger partial charge on any atom is -0.394 e. The van der Waals surface area contributed by atoms with E-state index in [2.05, 4.69) is 0 Å². The Balaban J connectivity index is 2.13. The molecule has 5 heteroatoms. The lowest BCUT2D eigenvalue weighted by Crippen LogP contribution is -2.37. The highest BCUT2D eigenvalue weighted by atomic mass is 35.5. The van der Waals surface area contributed by atoms with Crippen LogP contribution < -0.4 is 0 Å². The summed E-state index contributed by atoms with van der Waals surface area (Å²) >= 11 is 7.07. The van der Waals surface area contributed by atoms with Gasteiger partial charge in [0.2, 0.25) is 0 Å². The summed E-state index contributed by atoms with van der Waals surface area (Å²) in [5.41, 5.74) is 0. The van der Waals surface area contributed by atoms with E-state index in [-0.39, 0.29) is 18.6 Å². The van der Waals surface area contributed by atoms with Gasteiger partial charge in [0.1, 0.15) is 0 Å². The van der Waals surface area contributed by atoms with E-state index >= 15 is 0 Å². The maximum atomic E-state index is 12.0. The molecule has 3 nitrogen and oxygen atoms in total. The molecule has 1 aliphatic rings. The van der Waals surface area contributed by atoms with Gasteiger partial charge < -0.3 is 10.0 Å². The molecule has 1 atom stereocenters. The molecule has 1 unspecified atom stereocenters. The number of likely N-dealkylation sites (tertiary alicyclic amines) is 1. The molecule has 2 rings (SSSR count). The zero-order chi connectivity index (χ0) is 10.8. The Kier molecular flexibility index (Phi) is 3.29. The lowest BCUT2D eigenvalue weighted by molar-refractivity contribution is 0.0682. The number of hydrogen-bond acceptors (Lipinski definition) is 3.